The highest BCUT2D eigenvalue weighted by atomic mass is 35.5. The number of amides is 1. The van der Waals surface area contributed by atoms with Crippen LogP contribution in [0.4, 0.5) is 10.1 Å². The molecule has 1 fully saturated rings. The maximum Gasteiger partial charge on any atom is 0.259 e. The van der Waals surface area contributed by atoms with Crippen molar-refractivity contribution in [2.45, 2.75) is 51.8 Å². The van der Waals surface area contributed by atoms with Gasteiger partial charge in [0.15, 0.2) is 0 Å². The Labute approximate surface area is 262 Å². The van der Waals surface area contributed by atoms with E-state index in [0.717, 1.165) is 37.2 Å². The summed E-state index contributed by atoms with van der Waals surface area (Å²) in [5.41, 5.74) is 3.50. The quantitative estimate of drug-likeness (QED) is 0.229. The summed E-state index contributed by atoms with van der Waals surface area (Å²) in [4.78, 5) is 15.8. The normalized spacial score (nSPS) is 14.0. The highest BCUT2D eigenvalue weighted by molar-refractivity contribution is 6.31. The summed E-state index contributed by atoms with van der Waals surface area (Å²) in [6.07, 6.45) is 3.41. The van der Waals surface area contributed by atoms with Crippen molar-refractivity contribution < 1.29 is 13.9 Å². The standard InChI is InChI=1S/C33H33ClFN5O2.ClH/c1-33(2,3)40-31(23-6-8-25(35)9-7-23)29(20-37-40)32(41)38-26-10-13-30(34)24(18-26)21-39-16-14-28(15-17-39)42-27-11-4-22(19-36)5-12-27;/h4-13,18,20,28H,14-17,21H2,1-3H3,(H,38,41);1H. The number of hydrogen-bond donors (Lipinski definition) is 1. The molecule has 7 nitrogen and oxygen atoms in total. The minimum Gasteiger partial charge on any atom is -0.490 e. The molecule has 0 unspecified atom stereocenters. The third-order valence-electron chi connectivity index (χ3n) is 7.29. The van der Waals surface area contributed by atoms with Crippen LogP contribution in [0.25, 0.3) is 11.3 Å². The molecule has 43 heavy (non-hydrogen) atoms. The zero-order chi connectivity index (χ0) is 29.9. The lowest BCUT2D eigenvalue weighted by Crippen LogP contribution is -2.37. The molecular weight excluding hydrogens is 588 g/mol. The predicted octanol–water partition coefficient (Wildman–Crippen LogP) is 7.69. The SMILES string of the molecule is CC(C)(C)n1ncc(C(=O)Nc2ccc(Cl)c(CN3CCC(Oc4ccc(C#N)cc4)CC3)c2)c1-c1ccc(F)cc1.Cl. The van der Waals surface area contributed by atoms with Gasteiger partial charge in [-0.3, -0.25) is 14.4 Å². The monoisotopic (exact) mass is 621 g/mol. The first-order valence-electron chi connectivity index (χ1n) is 13.9. The van der Waals surface area contributed by atoms with E-state index in [0.29, 0.717) is 39.6 Å². The molecule has 0 saturated carbocycles. The van der Waals surface area contributed by atoms with E-state index in [1.165, 1.54) is 12.1 Å². The van der Waals surface area contributed by atoms with Crippen LogP contribution in [-0.2, 0) is 12.1 Å². The lowest BCUT2D eigenvalue weighted by Gasteiger charge is -2.32. The number of halogens is 3. The van der Waals surface area contributed by atoms with E-state index in [-0.39, 0.29) is 30.2 Å². The number of rotatable bonds is 7. The Kier molecular flexibility index (Phi) is 10.1. The van der Waals surface area contributed by atoms with Gasteiger partial charge in [0, 0.05) is 35.9 Å². The van der Waals surface area contributed by atoms with Gasteiger partial charge in [0.1, 0.15) is 17.7 Å². The van der Waals surface area contributed by atoms with Gasteiger partial charge in [-0.2, -0.15) is 10.4 Å². The van der Waals surface area contributed by atoms with E-state index in [1.807, 2.05) is 39.0 Å². The Hall–Kier alpha value is -3.90. The lowest BCUT2D eigenvalue weighted by molar-refractivity contribution is 0.0968. The van der Waals surface area contributed by atoms with Crippen molar-refractivity contribution in [1.29, 1.82) is 5.26 Å². The van der Waals surface area contributed by atoms with Crippen LogP contribution in [0.3, 0.4) is 0 Å². The number of carbonyl (C=O) groups excluding carboxylic acids is 1. The first-order chi connectivity index (χ1) is 20.1. The van der Waals surface area contributed by atoms with Crippen molar-refractivity contribution in [3.63, 3.8) is 0 Å². The maximum absolute atomic E-state index is 13.6. The van der Waals surface area contributed by atoms with E-state index < -0.39 is 5.54 Å². The fourth-order valence-electron chi connectivity index (χ4n) is 5.11. The van der Waals surface area contributed by atoms with Gasteiger partial charge < -0.3 is 10.1 Å². The summed E-state index contributed by atoms with van der Waals surface area (Å²) in [5, 5.41) is 17.1. The largest absolute Gasteiger partial charge is 0.490 e. The predicted molar refractivity (Wildman–Crippen MR) is 169 cm³/mol. The van der Waals surface area contributed by atoms with Crippen molar-refractivity contribution in [2.24, 2.45) is 0 Å². The summed E-state index contributed by atoms with van der Waals surface area (Å²) in [6, 6.07) is 20.9. The number of likely N-dealkylation sites (tertiary alicyclic amines) is 1. The Bertz CT molecular complexity index is 1600. The van der Waals surface area contributed by atoms with E-state index in [4.69, 9.17) is 21.6 Å². The second-order valence-electron chi connectivity index (χ2n) is 11.5. The van der Waals surface area contributed by atoms with Crippen molar-refractivity contribution in [1.82, 2.24) is 14.7 Å². The summed E-state index contributed by atoms with van der Waals surface area (Å²) >= 11 is 6.57. The van der Waals surface area contributed by atoms with Crippen LogP contribution in [-0.4, -0.2) is 39.8 Å². The summed E-state index contributed by atoms with van der Waals surface area (Å²) < 4.78 is 21.6. The fraction of sp³-hybridized carbons (Fsp3) is 0.303. The summed E-state index contributed by atoms with van der Waals surface area (Å²) in [7, 11) is 0. The molecule has 0 radical (unpaired) electrons. The molecule has 1 aromatic heterocycles. The highest BCUT2D eigenvalue weighted by Gasteiger charge is 2.26. The minimum atomic E-state index is -0.393. The first-order valence-corrected chi connectivity index (χ1v) is 14.3. The van der Waals surface area contributed by atoms with Gasteiger partial charge in [-0.25, -0.2) is 4.39 Å². The van der Waals surface area contributed by atoms with E-state index in [2.05, 4.69) is 21.4 Å². The van der Waals surface area contributed by atoms with E-state index in [9.17, 15) is 9.18 Å². The average Bonchev–Trinajstić information content (AvgIpc) is 3.43. The van der Waals surface area contributed by atoms with Gasteiger partial charge in [-0.1, -0.05) is 11.6 Å². The molecule has 0 spiro atoms. The van der Waals surface area contributed by atoms with Gasteiger partial charge in [0.2, 0.25) is 0 Å². The number of aromatic nitrogens is 2. The lowest BCUT2D eigenvalue weighted by atomic mass is 10.0. The smallest absolute Gasteiger partial charge is 0.259 e. The molecule has 1 N–H and O–H groups in total. The summed E-state index contributed by atoms with van der Waals surface area (Å²) in [6.45, 7) is 8.35. The van der Waals surface area contributed by atoms with Crippen molar-refractivity contribution in [2.75, 3.05) is 18.4 Å². The van der Waals surface area contributed by atoms with Crippen molar-refractivity contribution in [3.05, 3.63) is 100 Å². The molecule has 0 atom stereocenters. The van der Waals surface area contributed by atoms with Crippen molar-refractivity contribution in [3.8, 4) is 23.1 Å². The molecule has 1 amide bonds. The first kappa shape index (κ1) is 32.0. The Balaban J connectivity index is 0.00000423. The third-order valence-corrected chi connectivity index (χ3v) is 7.65. The third kappa shape index (κ3) is 7.74. The molecular formula is C33H34Cl2FN5O2. The molecule has 2 heterocycles. The topological polar surface area (TPSA) is 83.2 Å². The van der Waals surface area contributed by atoms with Crippen LogP contribution in [0.5, 0.6) is 5.75 Å². The molecule has 5 rings (SSSR count). The fourth-order valence-corrected chi connectivity index (χ4v) is 5.28. The van der Waals surface area contributed by atoms with Crippen molar-refractivity contribution >= 4 is 35.6 Å². The highest BCUT2D eigenvalue weighted by Crippen LogP contribution is 2.31. The Morgan fingerprint density at radius 3 is 2.40 bits per heavy atom. The number of ether oxygens (including phenoxy) is 1. The average molecular weight is 623 g/mol. The van der Waals surface area contributed by atoms with Crippen LogP contribution in [0.1, 0.15) is 55.1 Å². The number of piperidine rings is 1. The summed E-state index contributed by atoms with van der Waals surface area (Å²) in [5.74, 6) is 0.122. The zero-order valence-corrected chi connectivity index (χ0v) is 25.9. The van der Waals surface area contributed by atoms with Gasteiger partial charge >= 0.3 is 0 Å². The molecule has 10 heteroatoms. The number of hydrogen-bond acceptors (Lipinski definition) is 5. The van der Waals surface area contributed by atoms with Crippen LogP contribution >= 0.6 is 24.0 Å². The Morgan fingerprint density at radius 1 is 1.09 bits per heavy atom. The second kappa shape index (κ2) is 13.6. The Morgan fingerprint density at radius 2 is 1.77 bits per heavy atom. The molecule has 0 aliphatic carbocycles. The number of nitrogens with one attached hydrogen (secondary N) is 1. The number of benzene rings is 3. The molecule has 224 valence electrons. The zero-order valence-electron chi connectivity index (χ0n) is 24.3. The van der Waals surface area contributed by atoms with Crippen LogP contribution < -0.4 is 10.1 Å². The molecule has 4 aromatic rings. The number of nitrogens with zero attached hydrogens (tertiary/aromatic N) is 4. The van der Waals surface area contributed by atoms with Gasteiger partial charge in [-0.15, -0.1) is 12.4 Å². The van der Waals surface area contributed by atoms with Crippen LogP contribution in [0, 0.1) is 17.1 Å². The molecule has 0 bridgehead atoms. The minimum absolute atomic E-state index is 0. The van der Waals surface area contributed by atoms with Gasteiger partial charge in [0.25, 0.3) is 5.91 Å². The van der Waals surface area contributed by atoms with Crippen LogP contribution in [0.15, 0.2) is 72.9 Å². The number of carbonyl (C=O) groups is 1. The molecule has 3 aromatic carbocycles. The van der Waals surface area contributed by atoms with Gasteiger partial charge in [-0.05, 0) is 106 Å². The molecule has 1 aliphatic heterocycles. The van der Waals surface area contributed by atoms with Crippen LogP contribution in [0.2, 0.25) is 5.02 Å². The van der Waals surface area contributed by atoms with Gasteiger partial charge in [0.05, 0.1) is 34.6 Å². The maximum atomic E-state index is 13.6. The molecule has 1 aliphatic rings. The van der Waals surface area contributed by atoms with E-state index >= 15 is 0 Å². The second-order valence-corrected chi connectivity index (χ2v) is 11.9. The number of nitriles is 1. The van der Waals surface area contributed by atoms with E-state index in [1.54, 1.807) is 47.3 Å². The number of anilines is 1. The molecule has 1 saturated heterocycles.